The van der Waals surface area contributed by atoms with Crippen LogP contribution in [0.3, 0.4) is 0 Å². The first-order chi connectivity index (χ1) is 9.39. The highest BCUT2D eigenvalue weighted by molar-refractivity contribution is 5.93. The normalized spacial score (nSPS) is 11.2. The number of carbonyl (C=O) groups excluding carboxylic acids is 1. The molecule has 0 atom stereocenters. The number of para-hydroxylation sites is 1. The van der Waals surface area contributed by atoms with Crippen LogP contribution in [-0.4, -0.2) is 11.1 Å². The van der Waals surface area contributed by atoms with Gasteiger partial charge in [0.2, 0.25) is 0 Å². The van der Waals surface area contributed by atoms with E-state index in [1.807, 2.05) is 0 Å². The summed E-state index contributed by atoms with van der Waals surface area (Å²) in [5.74, 6) is 0. The largest absolute Gasteiger partial charge is 0.529 e. The maximum absolute atomic E-state index is 12.6. The Balaban J connectivity index is 2.49. The monoisotopic (exact) mass is 281 g/mol. The van der Waals surface area contributed by atoms with Crippen LogP contribution in [0.5, 0.6) is 0 Å². The topological polar surface area (TPSA) is 56.3 Å². The summed E-state index contributed by atoms with van der Waals surface area (Å²) in [6.45, 7) is 0. The molecule has 0 spiro atoms. The Morgan fingerprint density at radius 3 is 2.30 bits per heavy atom. The summed E-state index contributed by atoms with van der Waals surface area (Å²) in [7, 11) is 0. The van der Waals surface area contributed by atoms with Crippen molar-refractivity contribution < 1.29 is 23.1 Å². The van der Waals surface area contributed by atoms with Gasteiger partial charge in [-0.05, 0) is 18.2 Å². The molecule has 0 radical (unpaired) electrons. The maximum atomic E-state index is 12.6. The summed E-state index contributed by atoms with van der Waals surface area (Å²) < 4.78 is 37.8. The number of alkyl halides is 3. The molecule has 0 unspecified atom stereocenters. The average molecular weight is 281 g/mol. The van der Waals surface area contributed by atoms with Crippen LogP contribution in [0, 0.1) is 0 Å². The lowest BCUT2D eigenvalue weighted by Gasteiger charge is -2.25. The zero-order valence-corrected chi connectivity index (χ0v) is 9.96. The number of anilines is 2. The first-order valence-electron chi connectivity index (χ1n) is 5.48. The fraction of sp³-hybridized carbons (Fsp3) is 0.0769. The van der Waals surface area contributed by atoms with Gasteiger partial charge in [0.05, 0.1) is 17.4 Å². The summed E-state index contributed by atoms with van der Waals surface area (Å²) in [6.07, 6.45) is -4.59. The Kier molecular flexibility index (Phi) is 3.60. The van der Waals surface area contributed by atoms with E-state index in [9.17, 15) is 23.1 Å². The van der Waals surface area contributed by atoms with Gasteiger partial charge in [0.25, 0.3) is 0 Å². The molecular weight excluding hydrogens is 273 g/mol. The van der Waals surface area contributed by atoms with Crippen LogP contribution >= 0.6 is 0 Å². The van der Waals surface area contributed by atoms with Crippen molar-refractivity contribution in [3.63, 3.8) is 0 Å². The van der Waals surface area contributed by atoms with Gasteiger partial charge in [-0.15, -0.1) is 0 Å². The van der Waals surface area contributed by atoms with E-state index in [2.05, 4.69) is 4.98 Å². The molecule has 0 aliphatic rings. The Bertz CT molecular complexity index is 615. The van der Waals surface area contributed by atoms with E-state index in [-0.39, 0.29) is 11.4 Å². The number of pyridine rings is 1. The van der Waals surface area contributed by atoms with E-state index in [1.54, 1.807) is 18.2 Å². The van der Waals surface area contributed by atoms with Crippen LogP contribution in [0.4, 0.5) is 29.3 Å². The number of rotatable bonds is 2. The van der Waals surface area contributed by atoms with Crippen LogP contribution in [0.25, 0.3) is 0 Å². The number of carboxylic acid groups (broad SMARTS) is 1. The number of carbonyl (C=O) groups is 1. The molecule has 0 aliphatic heterocycles. The number of benzene rings is 1. The van der Waals surface area contributed by atoms with Gasteiger partial charge >= 0.3 is 6.18 Å². The second-order valence-corrected chi connectivity index (χ2v) is 3.87. The highest BCUT2D eigenvalue weighted by Crippen LogP contribution is 2.32. The van der Waals surface area contributed by atoms with E-state index >= 15 is 0 Å². The molecule has 0 fully saturated rings. The number of hydrogen-bond donors (Lipinski definition) is 0. The molecule has 1 amide bonds. The van der Waals surface area contributed by atoms with Crippen LogP contribution in [0.15, 0.2) is 48.8 Å². The van der Waals surface area contributed by atoms with Crippen LogP contribution in [0.1, 0.15) is 5.56 Å². The lowest BCUT2D eigenvalue weighted by molar-refractivity contribution is -0.245. The highest BCUT2D eigenvalue weighted by atomic mass is 19.4. The van der Waals surface area contributed by atoms with Crippen LogP contribution < -0.4 is 10.0 Å². The molecule has 2 aromatic rings. The van der Waals surface area contributed by atoms with E-state index in [0.717, 1.165) is 6.20 Å². The molecule has 0 bridgehead atoms. The maximum Gasteiger partial charge on any atom is 0.417 e. The third-order valence-electron chi connectivity index (χ3n) is 2.51. The average Bonchev–Trinajstić information content (AvgIpc) is 2.39. The minimum absolute atomic E-state index is 0.175. The first-order valence-corrected chi connectivity index (χ1v) is 5.48. The number of halogens is 3. The van der Waals surface area contributed by atoms with Crippen molar-refractivity contribution in [1.82, 2.24) is 4.98 Å². The van der Waals surface area contributed by atoms with Gasteiger partial charge in [0.15, 0.2) is 0 Å². The third-order valence-corrected chi connectivity index (χ3v) is 2.51. The van der Waals surface area contributed by atoms with E-state index < -0.39 is 17.8 Å². The molecule has 0 N–H and O–H groups in total. The first kappa shape index (κ1) is 13.9. The summed E-state index contributed by atoms with van der Waals surface area (Å²) in [5, 5.41) is 11.2. The van der Waals surface area contributed by atoms with Gasteiger partial charge in [-0.2, -0.15) is 13.2 Å². The third kappa shape index (κ3) is 2.87. The molecule has 104 valence electrons. The predicted molar refractivity (Wildman–Crippen MR) is 63.2 cm³/mol. The van der Waals surface area contributed by atoms with Crippen molar-refractivity contribution in [1.29, 1.82) is 0 Å². The molecule has 1 aromatic heterocycles. The number of hydrogen-bond acceptors (Lipinski definition) is 3. The summed E-state index contributed by atoms with van der Waals surface area (Å²) in [5.41, 5.74) is -1.09. The highest BCUT2D eigenvalue weighted by Gasteiger charge is 2.31. The molecular formula is C13H8F3N2O2-. The molecule has 20 heavy (non-hydrogen) atoms. The van der Waals surface area contributed by atoms with Crippen LogP contribution in [0.2, 0.25) is 0 Å². The molecule has 2 rings (SSSR count). The molecule has 4 nitrogen and oxygen atoms in total. The van der Waals surface area contributed by atoms with Gasteiger partial charge in [-0.3, -0.25) is 9.88 Å². The number of nitrogens with zero attached hydrogens (tertiary/aromatic N) is 2. The molecule has 0 saturated carbocycles. The van der Waals surface area contributed by atoms with Crippen molar-refractivity contribution in [2.24, 2.45) is 0 Å². The number of amides is 1. The second kappa shape index (κ2) is 5.20. The molecule has 1 aromatic carbocycles. The van der Waals surface area contributed by atoms with E-state index in [0.29, 0.717) is 17.2 Å². The zero-order valence-electron chi connectivity index (χ0n) is 9.96. The Morgan fingerprint density at radius 1 is 1.10 bits per heavy atom. The molecule has 7 heteroatoms. The zero-order chi connectivity index (χ0) is 14.8. The van der Waals surface area contributed by atoms with Gasteiger partial charge in [-0.25, -0.2) is 0 Å². The fourth-order valence-electron chi connectivity index (χ4n) is 1.64. The van der Waals surface area contributed by atoms with Crippen molar-refractivity contribution in [3.05, 3.63) is 54.4 Å². The lowest BCUT2D eigenvalue weighted by atomic mass is 10.2. The minimum Gasteiger partial charge on any atom is -0.529 e. The van der Waals surface area contributed by atoms with Gasteiger partial charge in [-0.1, -0.05) is 18.2 Å². The summed E-state index contributed by atoms with van der Waals surface area (Å²) >= 11 is 0. The summed E-state index contributed by atoms with van der Waals surface area (Å²) in [6, 6.07) is 8.36. The van der Waals surface area contributed by atoms with Gasteiger partial charge in [0.1, 0.15) is 6.09 Å². The Labute approximate surface area is 112 Å². The SMILES string of the molecule is O=C([O-])N(c1ccccc1)c1cncc(C(F)(F)F)c1. The lowest BCUT2D eigenvalue weighted by Crippen LogP contribution is -2.38. The Morgan fingerprint density at radius 2 is 1.75 bits per heavy atom. The smallest absolute Gasteiger partial charge is 0.417 e. The number of aromatic nitrogens is 1. The van der Waals surface area contributed by atoms with E-state index in [1.165, 1.54) is 12.1 Å². The summed E-state index contributed by atoms with van der Waals surface area (Å²) in [4.78, 5) is 15.2. The quantitative estimate of drug-likeness (QED) is 0.850. The van der Waals surface area contributed by atoms with Crippen LogP contribution in [-0.2, 0) is 6.18 Å². The van der Waals surface area contributed by atoms with Crippen molar-refractivity contribution in [2.75, 3.05) is 4.90 Å². The van der Waals surface area contributed by atoms with Crippen molar-refractivity contribution >= 4 is 17.5 Å². The van der Waals surface area contributed by atoms with Crippen molar-refractivity contribution in [3.8, 4) is 0 Å². The standard InChI is InChI=1S/C13H9F3N2O2/c14-13(15,16)9-6-11(8-17-7-9)18(12(19)20)10-4-2-1-3-5-10/h1-8H,(H,19,20)/p-1. The van der Waals surface area contributed by atoms with Gasteiger partial charge < -0.3 is 9.90 Å². The molecule has 1 heterocycles. The van der Waals surface area contributed by atoms with Crippen molar-refractivity contribution in [2.45, 2.75) is 6.18 Å². The van der Waals surface area contributed by atoms with E-state index in [4.69, 9.17) is 0 Å². The molecule has 0 aliphatic carbocycles. The van der Waals surface area contributed by atoms with Gasteiger partial charge in [0, 0.05) is 11.9 Å². The minimum atomic E-state index is -4.60. The Hall–Kier alpha value is -2.57. The second-order valence-electron chi connectivity index (χ2n) is 3.87. The fourth-order valence-corrected chi connectivity index (χ4v) is 1.64. The predicted octanol–water partition coefficient (Wildman–Crippen LogP) is 2.58. The molecule has 0 saturated heterocycles.